The van der Waals surface area contributed by atoms with E-state index in [1.807, 2.05) is 0 Å². The average molecular weight is 210 g/mol. The predicted octanol–water partition coefficient (Wildman–Crippen LogP) is 1.43. The van der Waals surface area contributed by atoms with Gasteiger partial charge in [-0.2, -0.15) is 0 Å². The molecule has 1 heterocycles. The molecule has 3 heteroatoms. The molecule has 1 amide bonds. The lowest BCUT2D eigenvalue weighted by Gasteiger charge is -2.22. The van der Waals surface area contributed by atoms with Gasteiger partial charge >= 0.3 is 0 Å². The molecule has 1 saturated carbocycles. The summed E-state index contributed by atoms with van der Waals surface area (Å²) in [6.45, 7) is 3.15. The molecule has 3 nitrogen and oxygen atoms in total. The molecule has 1 saturated heterocycles. The topological polar surface area (TPSA) is 41.1 Å². The summed E-state index contributed by atoms with van der Waals surface area (Å²) in [5, 5.41) is 6.40. The monoisotopic (exact) mass is 210 g/mol. The zero-order chi connectivity index (χ0) is 10.7. The van der Waals surface area contributed by atoms with E-state index in [2.05, 4.69) is 17.6 Å². The Kier molecular flexibility index (Phi) is 3.62. The fraction of sp³-hybridized carbons (Fsp3) is 0.917. The second-order valence-corrected chi connectivity index (χ2v) is 4.99. The number of hydrogen-bond donors (Lipinski definition) is 2. The molecule has 0 radical (unpaired) electrons. The molecule has 86 valence electrons. The van der Waals surface area contributed by atoms with Crippen molar-refractivity contribution in [2.75, 3.05) is 6.54 Å². The molecule has 1 aliphatic heterocycles. The first-order valence-corrected chi connectivity index (χ1v) is 6.31. The van der Waals surface area contributed by atoms with Crippen LogP contribution in [-0.2, 0) is 4.79 Å². The summed E-state index contributed by atoms with van der Waals surface area (Å²) >= 11 is 0. The van der Waals surface area contributed by atoms with Gasteiger partial charge in [-0.1, -0.05) is 12.8 Å². The molecule has 0 aromatic heterocycles. The summed E-state index contributed by atoms with van der Waals surface area (Å²) < 4.78 is 0. The van der Waals surface area contributed by atoms with Crippen LogP contribution in [0.25, 0.3) is 0 Å². The Morgan fingerprint density at radius 2 is 2.00 bits per heavy atom. The van der Waals surface area contributed by atoms with E-state index in [0.717, 1.165) is 25.3 Å². The third kappa shape index (κ3) is 2.71. The summed E-state index contributed by atoms with van der Waals surface area (Å²) in [5.74, 6) is 0.933. The molecule has 0 bridgehead atoms. The third-order valence-corrected chi connectivity index (χ3v) is 3.85. The zero-order valence-electron chi connectivity index (χ0n) is 9.59. The number of hydrogen-bond acceptors (Lipinski definition) is 2. The standard InChI is InChI=1S/C12H22N2O/c1-9(10-5-2-3-6-10)14-12(15)11-7-4-8-13-11/h9-11,13H,2-8H2,1H3,(H,14,15)/t9-,11+/m1/s1. The van der Waals surface area contributed by atoms with Crippen molar-refractivity contribution in [1.29, 1.82) is 0 Å². The Hall–Kier alpha value is -0.570. The summed E-state index contributed by atoms with van der Waals surface area (Å²) in [6, 6.07) is 0.441. The van der Waals surface area contributed by atoms with E-state index in [0.29, 0.717) is 6.04 Å². The van der Waals surface area contributed by atoms with E-state index < -0.39 is 0 Å². The van der Waals surface area contributed by atoms with Crippen LogP contribution in [0.4, 0.5) is 0 Å². The molecule has 0 unspecified atom stereocenters. The SMILES string of the molecule is C[C@@H](NC(=O)[C@@H]1CCCN1)C1CCCC1. The second kappa shape index (κ2) is 4.97. The number of nitrogens with one attached hydrogen (secondary N) is 2. The molecule has 0 aromatic carbocycles. The molecule has 2 atom stereocenters. The van der Waals surface area contributed by atoms with Crippen molar-refractivity contribution in [3.05, 3.63) is 0 Å². The fourth-order valence-corrected chi connectivity index (χ4v) is 2.81. The van der Waals surface area contributed by atoms with Crippen molar-refractivity contribution in [3.8, 4) is 0 Å². The van der Waals surface area contributed by atoms with Crippen molar-refractivity contribution >= 4 is 5.91 Å². The molecule has 2 rings (SSSR count). The van der Waals surface area contributed by atoms with Crippen LogP contribution in [0.5, 0.6) is 0 Å². The van der Waals surface area contributed by atoms with Crippen LogP contribution in [0.2, 0.25) is 0 Å². The summed E-state index contributed by atoms with van der Waals surface area (Å²) in [4.78, 5) is 11.8. The van der Waals surface area contributed by atoms with E-state index in [9.17, 15) is 4.79 Å². The minimum Gasteiger partial charge on any atom is -0.352 e. The Balaban J connectivity index is 1.77. The van der Waals surface area contributed by atoms with Gasteiger partial charge in [-0.3, -0.25) is 4.79 Å². The highest BCUT2D eigenvalue weighted by atomic mass is 16.2. The molecule has 0 aromatic rings. The number of carbonyl (C=O) groups is 1. The van der Waals surface area contributed by atoms with Crippen LogP contribution in [-0.4, -0.2) is 24.5 Å². The molecule has 0 spiro atoms. The highest BCUT2D eigenvalue weighted by molar-refractivity contribution is 5.82. The van der Waals surface area contributed by atoms with E-state index in [-0.39, 0.29) is 11.9 Å². The lowest BCUT2D eigenvalue weighted by atomic mass is 9.99. The lowest BCUT2D eigenvalue weighted by Crippen LogP contribution is -2.46. The van der Waals surface area contributed by atoms with Gasteiger partial charge in [0.05, 0.1) is 6.04 Å². The zero-order valence-corrected chi connectivity index (χ0v) is 9.59. The first kappa shape index (κ1) is 10.9. The minimum absolute atomic E-state index is 0.0776. The summed E-state index contributed by atoms with van der Waals surface area (Å²) in [6.07, 6.45) is 7.40. The maximum absolute atomic E-state index is 11.8. The van der Waals surface area contributed by atoms with Crippen molar-refractivity contribution in [2.45, 2.75) is 57.5 Å². The van der Waals surface area contributed by atoms with E-state index in [4.69, 9.17) is 0 Å². The minimum atomic E-state index is 0.0776. The van der Waals surface area contributed by atoms with Crippen LogP contribution in [0.1, 0.15) is 45.4 Å². The number of carbonyl (C=O) groups excluding carboxylic acids is 1. The van der Waals surface area contributed by atoms with Gasteiger partial charge < -0.3 is 10.6 Å². The van der Waals surface area contributed by atoms with Crippen LogP contribution in [0.15, 0.2) is 0 Å². The first-order chi connectivity index (χ1) is 7.27. The Bertz CT molecular complexity index is 218. The first-order valence-electron chi connectivity index (χ1n) is 6.31. The van der Waals surface area contributed by atoms with Gasteiger partial charge in [-0.25, -0.2) is 0 Å². The summed E-state index contributed by atoms with van der Waals surface area (Å²) in [7, 11) is 0. The van der Waals surface area contributed by atoms with Crippen molar-refractivity contribution in [2.24, 2.45) is 5.92 Å². The maximum Gasteiger partial charge on any atom is 0.237 e. The van der Waals surface area contributed by atoms with Gasteiger partial charge in [0.25, 0.3) is 0 Å². The Morgan fingerprint density at radius 3 is 2.60 bits per heavy atom. The maximum atomic E-state index is 11.8. The molecule has 1 aliphatic carbocycles. The fourth-order valence-electron chi connectivity index (χ4n) is 2.81. The van der Waals surface area contributed by atoms with Gasteiger partial charge in [0.2, 0.25) is 5.91 Å². The van der Waals surface area contributed by atoms with Gasteiger partial charge in [0, 0.05) is 6.04 Å². The predicted molar refractivity (Wildman–Crippen MR) is 60.6 cm³/mol. The lowest BCUT2D eigenvalue weighted by molar-refractivity contribution is -0.123. The van der Waals surface area contributed by atoms with Gasteiger partial charge in [0.1, 0.15) is 0 Å². The average Bonchev–Trinajstić information content (AvgIpc) is 2.91. The smallest absolute Gasteiger partial charge is 0.237 e. The number of rotatable bonds is 3. The van der Waals surface area contributed by atoms with E-state index in [1.54, 1.807) is 0 Å². The van der Waals surface area contributed by atoms with E-state index in [1.165, 1.54) is 25.7 Å². The van der Waals surface area contributed by atoms with E-state index >= 15 is 0 Å². The van der Waals surface area contributed by atoms with Gasteiger partial charge in [0.15, 0.2) is 0 Å². The quantitative estimate of drug-likeness (QED) is 0.740. The van der Waals surface area contributed by atoms with Crippen molar-refractivity contribution in [1.82, 2.24) is 10.6 Å². The second-order valence-electron chi connectivity index (χ2n) is 4.99. The molecule has 2 aliphatic rings. The van der Waals surface area contributed by atoms with Crippen LogP contribution in [0, 0.1) is 5.92 Å². The Labute approximate surface area is 92.0 Å². The van der Waals surface area contributed by atoms with Gasteiger partial charge in [-0.05, 0) is 45.1 Å². The van der Waals surface area contributed by atoms with Gasteiger partial charge in [-0.15, -0.1) is 0 Å². The third-order valence-electron chi connectivity index (χ3n) is 3.85. The molecule has 2 fully saturated rings. The highest BCUT2D eigenvalue weighted by Crippen LogP contribution is 2.27. The number of amides is 1. The molecular weight excluding hydrogens is 188 g/mol. The molecule has 15 heavy (non-hydrogen) atoms. The van der Waals surface area contributed by atoms with Crippen molar-refractivity contribution in [3.63, 3.8) is 0 Å². The molecular formula is C12H22N2O. The van der Waals surface area contributed by atoms with Crippen LogP contribution >= 0.6 is 0 Å². The van der Waals surface area contributed by atoms with Crippen LogP contribution in [0.3, 0.4) is 0 Å². The highest BCUT2D eigenvalue weighted by Gasteiger charge is 2.27. The Morgan fingerprint density at radius 1 is 1.27 bits per heavy atom. The molecule has 2 N–H and O–H groups in total. The van der Waals surface area contributed by atoms with Crippen molar-refractivity contribution < 1.29 is 4.79 Å². The normalized spacial score (nSPS) is 29.3. The summed E-state index contributed by atoms with van der Waals surface area (Å²) in [5.41, 5.74) is 0. The largest absolute Gasteiger partial charge is 0.352 e. The van der Waals surface area contributed by atoms with Crippen LogP contribution < -0.4 is 10.6 Å².